The van der Waals surface area contributed by atoms with E-state index in [0.29, 0.717) is 13.0 Å². The maximum atomic E-state index is 14.9. The average molecular weight is 619 g/mol. The zero-order valence-corrected chi connectivity index (χ0v) is 22.3. The van der Waals surface area contributed by atoms with Crippen LogP contribution in [0, 0.1) is 11.6 Å². The number of carbonyl (C=O) groups is 2. The second-order valence-electron chi connectivity index (χ2n) is 7.86. The summed E-state index contributed by atoms with van der Waals surface area (Å²) in [5, 5.41) is 24.2. The van der Waals surface area contributed by atoms with Crippen LogP contribution in [-0.4, -0.2) is 85.1 Å². The summed E-state index contributed by atoms with van der Waals surface area (Å²) >= 11 is 6.11. The molecule has 0 spiro atoms. The molecule has 0 fully saturated rings. The van der Waals surface area contributed by atoms with Gasteiger partial charge in [-0.2, -0.15) is 32.8 Å². The summed E-state index contributed by atoms with van der Waals surface area (Å²) in [6.45, 7) is 1.70. The van der Waals surface area contributed by atoms with Gasteiger partial charge in [-0.1, -0.05) is 11.6 Å². The molecular formula is C22H28ClF5N6O7. The molecule has 0 aliphatic heterocycles. The molecule has 0 radical (unpaired) electrons. The fraction of sp³-hybridized carbons (Fsp3) is 0.409. The van der Waals surface area contributed by atoms with Crippen LogP contribution in [0.5, 0.6) is 5.75 Å². The Bertz CT molecular complexity index is 1270. The number of carboxylic acids is 2. The lowest BCUT2D eigenvalue weighted by molar-refractivity contribution is -0.143. The topological polar surface area (TPSA) is 214 Å². The molecule has 3 rings (SSSR count). The van der Waals surface area contributed by atoms with Crippen molar-refractivity contribution in [3.63, 3.8) is 0 Å². The van der Waals surface area contributed by atoms with Crippen LogP contribution < -0.4 is 15.4 Å². The zero-order chi connectivity index (χ0) is 29.3. The number of fused-ring (bicyclic) bond motifs is 1. The molecule has 3 aromatic rings. The molecule has 13 nitrogen and oxygen atoms in total. The van der Waals surface area contributed by atoms with Gasteiger partial charge >= 0.3 is 18.1 Å². The van der Waals surface area contributed by atoms with E-state index in [2.05, 4.69) is 25.7 Å². The van der Waals surface area contributed by atoms with Crippen molar-refractivity contribution in [3.05, 3.63) is 35.2 Å². The number of halogens is 6. The molecule has 2 aromatic heterocycles. The van der Waals surface area contributed by atoms with Gasteiger partial charge in [0, 0.05) is 12.1 Å². The molecule has 8 N–H and O–H groups in total. The molecule has 0 unspecified atom stereocenters. The molecule has 41 heavy (non-hydrogen) atoms. The number of benzene rings is 1. The number of carboxylic acid groups (broad SMARTS) is 2. The standard InChI is InChI=1S/C18H18ClF5N6O.C4H6O4.2H2O/c1-9(18(22,23)24)28-16-14(15(19)29-17-26-8-27-30(16)17)13-11(20)6-10(7-12(13)21)31-5-3-4-25-2;5-3(6)1-2-4(7)8;;/h6-9,25,28H,3-5H2,1-2H3;1-2H2,(H,5,6)(H,7,8);2*1H2/t9-;;;/m0.../s1. The van der Waals surface area contributed by atoms with E-state index in [0.717, 1.165) is 29.9 Å². The van der Waals surface area contributed by atoms with Gasteiger partial charge in [0.2, 0.25) is 0 Å². The van der Waals surface area contributed by atoms with Crippen molar-refractivity contribution in [1.82, 2.24) is 24.9 Å². The third kappa shape index (κ3) is 10.6. The lowest BCUT2D eigenvalue weighted by Crippen LogP contribution is -2.34. The second-order valence-corrected chi connectivity index (χ2v) is 8.22. The van der Waals surface area contributed by atoms with Crippen molar-refractivity contribution in [2.75, 3.05) is 25.5 Å². The number of aliphatic carboxylic acids is 2. The van der Waals surface area contributed by atoms with Crippen molar-refractivity contribution in [1.29, 1.82) is 0 Å². The molecule has 0 amide bonds. The Kier molecular flexibility index (Phi) is 14.9. The SMILES string of the molecule is CNCCCOc1cc(F)c(-c2c(Cl)nc3ncnn3c2N[C@@H](C)C(F)(F)F)c(F)c1.O.O.O=C(O)CCC(=O)O. The van der Waals surface area contributed by atoms with Crippen molar-refractivity contribution in [2.45, 2.75) is 38.4 Å². The van der Waals surface area contributed by atoms with Crippen LogP contribution in [0.25, 0.3) is 16.9 Å². The maximum absolute atomic E-state index is 14.9. The number of alkyl halides is 3. The Morgan fingerprint density at radius 2 is 1.66 bits per heavy atom. The summed E-state index contributed by atoms with van der Waals surface area (Å²) in [5.74, 6) is -4.95. The highest BCUT2D eigenvalue weighted by Crippen LogP contribution is 2.39. The van der Waals surface area contributed by atoms with Crippen LogP contribution in [0.4, 0.5) is 27.8 Å². The Morgan fingerprint density at radius 1 is 1.10 bits per heavy atom. The zero-order valence-electron chi connectivity index (χ0n) is 21.5. The van der Waals surface area contributed by atoms with Crippen molar-refractivity contribution in [3.8, 4) is 16.9 Å². The van der Waals surface area contributed by atoms with Crippen LogP contribution in [0.2, 0.25) is 5.15 Å². The summed E-state index contributed by atoms with van der Waals surface area (Å²) in [6, 6.07) is -0.231. The van der Waals surface area contributed by atoms with Gasteiger partial charge in [-0.25, -0.2) is 8.78 Å². The second kappa shape index (κ2) is 16.4. The summed E-state index contributed by atoms with van der Waals surface area (Å²) in [6.07, 6.45) is -3.61. The number of anilines is 1. The molecule has 0 bridgehead atoms. The minimum Gasteiger partial charge on any atom is -0.493 e. The van der Waals surface area contributed by atoms with Crippen LogP contribution in [-0.2, 0) is 9.59 Å². The normalized spacial score (nSPS) is 11.4. The number of hydrogen-bond acceptors (Lipinski definition) is 8. The lowest BCUT2D eigenvalue weighted by Gasteiger charge is -2.21. The molecule has 0 aliphatic rings. The number of ether oxygens (including phenoxy) is 1. The van der Waals surface area contributed by atoms with E-state index < -0.39 is 57.9 Å². The van der Waals surface area contributed by atoms with E-state index in [4.69, 9.17) is 26.6 Å². The molecule has 2 heterocycles. The first-order valence-electron chi connectivity index (χ1n) is 11.2. The van der Waals surface area contributed by atoms with Gasteiger partial charge in [0.15, 0.2) is 0 Å². The summed E-state index contributed by atoms with van der Waals surface area (Å²) in [4.78, 5) is 26.9. The van der Waals surface area contributed by atoms with E-state index in [1.165, 1.54) is 0 Å². The minimum absolute atomic E-state index is 0. The molecule has 1 aromatic carbocycles. The van der Waals surface area contributed by atoms with Crippen LogP contribution in [0.15, 0.2) is 18.5 Å². The van der Waals surface area contributed by atoms with Crippen molar-refractivity contribution < 1.29 is 57.4 Å². The van der Waals surface area contributed by atoms with Gasteiger partial charge in [0.05, 0.1) is 30.6 Å². The van der Waals surface area contributed by atoms with Gasteiger partial charge in [-0.15, -0.1) is 0 Å². The quantitative estimate of drug-likeness (QED) is 0.140. The van der Waals surface area contributed by atoms with Crippen LogP contribution >= 0.6 is 11.6 Å². The Hall–Kier alpha value is -3.87. The molecular weight excluding hydrogens is 591 g/mol. The van der Waals surface area contributed by atoms with Gasteiger partial charge in [-0.05, 0) is 26.9 Å². The fourth-order valence-electron chi connectivity index (χ4n) is 2.98. The fourth-order valence-corrected chi connectivity index (χ4v) is 3.24. The van der Waals surface area contributed by atoms with Crippen molar-refractivity contribution in [2.24, 2.45) is 0 Å². The predicted molar refractivity (Wildman–Crippen MR) is 136 cm³/mol. The smallest absolute Gasteiger partial charge is 0.408 e. The Labute approximate surface area is 233 Å². The Morgan fingerprint density at radius 3 is 2.15 bits per heavy atom. The number of nitrogens with one attached hydrogen (secondary N) is 2. The number of rotatable bonds is 11. The molecule has 0 saturated heterocycles. The van der Waals surface area contributed by atoms with Gasteiger partial charge in [0.1, 0.15) is 40.7 Å². The van der Waals surface area contributed by atoms with Gasteiger partial charge in [0.25, 0.3) is 5.78 Å². The van der Waals surface area contributed by atoms with E-state index in [9.17, 15) is 31.5 Å². The average Bonchev–Trinajstić information content (AvgIpc) is 3.29. The number of aromatic nitrogens is 4. The monoisotopic (exact) mass is 618 g/mol. The van der Waals surface area contributed by atoms with Crippen LogP contribution in [0.3, 0.4) is 0 Å². The Balaban J connectivity index is 0.00000140. The molecule has 230 valence electrons. The van der Waals surface area contributed by atoms with Crippen LogP contribution in [0.1, 0.15) is 26.2 Å². The lowest BCUT2D eigenvalue weighted by atomic mass is 10.1. The van der Waals surface area contributed by atoms with E-state index in [-0.39, 0.29) is 41.9 Å². The van der Waals surface area contributed by atoms with Gasteiger partial charge < -0.3 is 36.5 Å². The number of nitrogens with zero attached hydrogens (tertiary/aromatic N) is 4. The van der Waals surface area contributed by atoms with E-state index in [1.54, 1.807) is 7.05 Å². The van der Waals surface area contributed by atoms with E-state index >= 15 is 0 Å². The molecule has 0 aliphatic carbocycles. The third-order valence-corrected chi connectivity index (χ3v) is 5.16. The maximum Gasteiger partial charge on any atom is 0.408 e. The van der Waals surface area contributed by atoms with Gasteiger partial charge in [-0.3, -0.25) is 9.59 Å². The highest BCUT2D eigenvalue weighted by atomic mass is 35.5. The third-order valence-electron chi connectivity index (χ3n) is 4.89. The molecule has 0 saturated carbocycles. The largest absolute Gasteiger partial charge is 0.493 e. The highest BCUT2D eigenvalue weighted by molar-refractivity contribution is 6.33. The minimum atomic E-state index is -4.65. The first-order valence-corrected chi connectivity index (χ1v) is 11.6. The predicted octanol–water partition coefficient (Wildman–Crippen LogP) is 2.36. The summed E-state index contributed by atoms with van der Waals surface area (Å²) < 4.78 is 75.5. The molecule has 1 atom stereocenters. The number of hydrogen-bond donors (Lipinski definition) is 4. The summed E-state index contributed by atoms with van der Waals surface area (Å²) in [5.41, 5.74) is -1.10. The van der Waals surface area contributed by atoms with E-state index in [1.807, 2.05) is 0 Å². The van der Waals surface area contributed by atoms with Crippen molar-refractivity contribution >= 4 is 35.1 Å². The first kappa shape index (κ1) is 37.1. The first-order chi connectivity index (χ1) is 18.3. The summed E-state index contributed by atoms with van der Waals surface area (Å²) in [7, 11) is 1.75. The highest BCUT2D eigenvalue weighted by Gasteiger charge is 2.37. The molecule has 19 heteroatoms.